The molecule has 2 aromatic carbocycles. The standard InChI is InChI=1S/C24H26FN3O/c25-19-7-8-24-21(16-19)18(17-29-24)4-1-2-11-27-12-14-28(15-13-27)23-6-3-5-22-20(23)9-10-26-22/h3,5-10,16-17,26H,1-2,4,11-15H2. The van der Waals surface area contributed by atoms with Crippen molar-refractivity contribution in [3.8, 4) is 0 Å². The lowest BCUT2D eigenvalue weighted by Gasteiger charge is -2.36. The van der Waals surface area contributed by atoms with Gasteiger partial charge in [-0.3, -0.25) is 4.90 Å². The molecule has 0 amide bonds. The third-order valence-corrected chi connectivity index (χ3v) is 6.07. The van der Waals surface area contributed by atoms with Crippen LogP contribution in [0.1, 0.15) is 18.4 Å². The average molecular weight is 391 g/mol. The Labute approximate surface area is 169 Å². The number of furan rings is 1. The molecule has 5 heteroatoms. The summed E-state index contributed by atoms with van der Waals surface area (Å²) in [6.45, 7) is 5.44. The van der Waals surface area contributed by atoms with E-state index in [-0.39, 0.29) is 5.82 Å². The zero-order valence-electron chi connectivity index (χ0n) is 16.5. The first-order valence-electron chi connectivity index (χ1n) is 10.5. The van der Waals surface area contributed by atoms with Crippen LogP contribution in [0, 0.1) is 5.82 Å². The predicted octanol–water partition coefficient (Wildman–Crippen LogP) is 5.20. The second-order valence-electron chi connectivity index (χ2n) is 7.90. The summed E-state index contributed by atoms with van der Waals surface area (Å²) in [5, 5.41) is 2.22. The minimum absolute atomic E-state index is 0.201. The van der Waals surface area contributed by atoms with Gasteiger partial charge in [-0.25, -0.2) is 4.39 Å². The minimum Gasteiger partial charge on any atom is -0.464 e. The van der Waals surface area contributed by atoms with Crippen LogP contribution >= 0.6 is 0 Å². The van der Waals surface area contributed by atoms with Crippen molar-refractivity contribution in [3.05, 3.63) is 66.3 Å². The SMILES string of the molecule is Fc1ccc2occ(CCCCN3CCN(c4cccc5[nH]ccc45)CC3)c2c1. The molecule has 150 valence electrons. The van der Waals surface area contributed by atoms with Crippen LogP contribution in [0.15, 0.2) is 59.3 Å². The normalized spacial score (nSPS) is 15.6. The first-order valence-corrected chi connectivity index (χ1v) is 10.5. The molecule has 4 aromatic rings. The molecule has 2 aromatic heterocycles. The van der Waals surface area contributed by atoms with Crippen molar-refractivity contribution in [3.63, 3.8) is 0 Å². The summed E-state index contributed by atoms with van der Waals surface area (Å²) in [5.41, 5.74) is 4.43. The van der Waals surface area contributed by atoms with E-state index in [1.54, 1.807) is 18.4 Å². The number of hydrogen-bond donors (Lipinski definition) is 1. The molecule has 0 bridgehead atoms. The van der Waals surface area contributed by atoms with Gasteiger partial charge in [0.25, 0.3) is 0 Å². The van der Waals surface area contributed by atoms with Crippen LogP contribution in [0.5, 0.6) is 0 Å². The van der Waals surface area contributed by atoms with E-state index in [1.807, 2.05) is 6.20 Å². The Morgan fingerprint density at radius 3 is 2.76 bits per heavy atom. The van der Waals surface area contributed by atoms with Crippen LogP contribution in [0.4, 0.5) is 10.1 Å². The summed E-state index contributed by atoms with van der Waals surface area (Å²) in [5.74, 6) is -0.201. The number of piperazine rings is 1. The molecule has 0 radical (unpaired) electrons. The second kappa shape index (κ2) is 7.91. The first kappa shape index (κ1) is 18.3. The van der Waals surface area contributed by atoms with Gasteiger partial charge in [-0.05, 0) is 67.8 Å². The summed E-state index contributed by atoms with van der Waals surface area (Å²) in [4.78, 5) is 8.36. The Hall–Kier alpha value is -2.79. The number of aromatic nitrogens is 1. The zero-order valence-corrected chi connectivity index (χ0v) is 16.5. The average Bonchev–Trinajstić information content (AvgIpc) is 3.38. The molecule has 0 aliphatic carbocycles. The van der Waals surface area contributed by atoms with Crippen LogP contribution < -0.4 is 4.90 Å². The molecule has 5 rings (SSSR count). The molecule has 0 unspecified atom stereocenters. The number of nitrogens with zero attached hydrogens (tertiary/aromatic N) is 2. The summed E-state index contributed by atoms with van der Waals surface area (Å²) in [6, 6.07) is 13.4. The van der Waals surface area contributed by atoms with E-state index < -0.39 is 0 Å². The predicted molar refractivity (Wildman–Crippen MR) is 116 cm³/mol. The van der Waals surface area contributed by atoms with E-state index in [0.717, 1.165) is 68.5 Å². The third-order valence-electron chi connectivity index (χ3n) is 6.07. The fourth-order valence-electron chi connectivity index (χ4n) is 4.46. The van der Waals surface area contributed by atoms with E-state index >= 15 is 0 Å². The summed E-state index contributed by atoms with van der Waals surface area (Å²) in [7, 11) is 0. The van der Waals surface area contributed by atoms with Gasteiger partial charge in [0.1, 0.15) is 11.4 Å². The van der Waals surface area contributed by atoms with Crippen molar-refractivity contribution in [1.82, 2.24) is 9.88 Å². The van der Waals surface area contributed by atoms with Gasteiger partial charge in [0.2, 0.25) is 0 Å². The smallest absolute Gasteiger partial charge is 0.134 e. The quantitative estimate of drug-likeness (QED) is 0.459. The van der Waals surface area contributed by atoms with Crippen LogP contribution in [-0.2, 0) is 6.42 Å². The van der Waals surface area contributed by atoms with Crippen LogP contribution in [0.3, 0.4) is 0 Å². The Kier molecular flexibility index (Phi) is 4.98. The maximum absolute atomic E-state index is 13.5. The molecule has 0 saturated carbocycles. The van der Waals surface area contributed by atoms with Crippen molar-refractivity contribution in [2.75, 3.05) is 37.6 Å². The number of nitrogens with one attached hydrogen (secondary N) is 1. The first-order chi connectivity index (χ1) is 14.3. The highest BCUT2D eigenvalue weighted by molar-refractivity contribution is 5.92. The zero-order chi connectivity index (χ0) is 19.6. The molecular weight excluding hydrogens is 365 g/mol. The largest absolute Gasteiger partial charge is 0.464 e. The molecule has 3 heterocycles. The number of rotatable bonds is 6. The van der Waals surface area contributed by atoms with Crippen molar-refractivity contribution >= 4 is 27.6 Å². The lowest BCUT2D eigenvalue weighted by atomic mass is 10.1. The van der Waals surface area contributed by atoms with Gasteiger partial charge in [0, 0.05) is 54.4 Å². The molecule has 4 nitrogen and oxygen atoms in total. The van der Waals surface area contributed by atoms with Crippen LogP contribution in [0.2, 0.25) is 0 Å². The summed E-state index contributed by atoms with van der Waals surface area (Å²) < 4.78 is 19.0. The number of H-pyrrole nitrogens is 1. The van der Waals surface area contributed by atoms with E-state index in [2.05, 4.69) is 39.0 Å². The number of fused-ring (bicyclic) bond motifs is 2. The molecule has 1 saturated heterocycles. The number of aromatic amines is 1. The minimum atomic E-state index is -0.201. The van der Waals surface area contributed by atoms with Gasteiger partial charge in [-0.2, -0.15) is 0 Å². The maximum Gasteiger partial charge on any atom is 0.134 e. The molecule has 0 atom stereocenters. The Morgan fingerprint density at radius 2 is 1.86 bits per heavy atom. The highest BCUT2D eigenvalue weighted by Gasteiger charge is 2.18. The van der Waals surface area contributed by atoms with Gasteiger partial charge in [0.15, 0.2) is 0 Å². The maximum atomic E-state index is 13.5. The Morgan fingerprint density at radius 1 is 0.966 bits per heavy atom. The van der Waals surface area contributed by atoms with Gasteiger partial charge < -0.3 is 14.3 Å². The lowest BCUT2D eigenvalue weighted by molar-refractivity contribution is 0.253. The van der Waals surface area contributed by atoms with Crippen molar-refractivity contribution < 1.29 is 8.81 Å². The van der Waals surface area contributed by atoms with Gasteiger partial charge in [-0.15, -0.1) is 0 Å². The number of hydrogen-bond acceptors (Lipinski definition) is 3. The van der Waals surface area contributed by atoms with E-state index in [1.165, 1.54) is 22.7 Å². The number of aryl methyl sites for hydroxylation is 1. The topological polar surface area (TPSA) is 35.4 Å². The van der Waals surface area contributed by atoms with E-state index in [9.17, 15) is 4.39 Å². The molecule has 0 spiro atoms. The third kappa shape index (κ3) is 3.75. The van der Waals surface area contributed by atoms with Crippen LogP contribution in [0.25, 0.3) is 21.9 Å². The Bertz CT molecular complexity index is 1110. The fourth-order valence-corrected chi connectivity index (χ4v) is 4.46. The fraction of sp³-hybridized carbons (Fsp3) is 0.333. The highest BCUT2D eigenvalue weighted by Crippen LogP contribution is 2.27. The molecule has 29 heavy (non-hydrogen) atoms. The van der Waals surface area contributed by atoms with Gasteiger partial charge >= 0.3 is 0 Å². The van der Waals surface area contributed by atoms with E-state index in [0.29, 0.717) is 0 Å². The number of unbranched alkanes of at least 4 members (excludes halogenated alkanes) is 1. The van der Waals surface area contributed by atoms with Gasteiger partial charge in [-0.1, -0.05) is 6.07 Å². The van der Waals surface area contributed by atoms with Crippen molar-refractivity contribution in [2.24, 2.45) is 0 Å². The molecule has 1 aliphatic rings. The number of benzene rings is 2. The number of halogens is 1. The van der Waals surface area contributed by atoms with Crippen molar-refractivity contribution in [2.45, 2.75) is 19.3 Å². The summed E-state index contributed by atoms with van der Waals surface area (Å²) in [6.07, 6.45) is 6.97. The van der Waals surface area contributed by atoms with Crippen LogP contribution in [-0.4, -0.2) is 42.6 Å². The monoisotopic (exact) mass is 391 g/mol. The highest BCUT2D eigenvalue weighted by atomic mass is 19.1. The van der Waals surface area contributed by atoms with Crippen molar-refractivity contribution in [1.29, 1.82) is 0 Å². The molecule has 1 fully saturated rings. The van der Waals surface area contributed by atoms with Gasteiger partial charge in [0.05, 0.1) is 6.26 Å². The summed E-state index contributed by atoms with van der Waals surface area (Å²) >= 11 is 0. The molecule has 1 aliphatic heterocycles. The number of anilines is 1. The Balaban J connectivity index is 1.11. The second-order valence-corrected chi connectivity index (χ2v) is 7.90. The molecular formula is C24H26FN3O. The lowest BCUT2D eigenvalue weighted by Crippen LogP contribution is -2.46. The van der Waals surface area contributed by atoms with E-state index in [4.69, 9.17) is 4.42 Å². The molecule has 1 N–H and O–H groups in total.